The number of nitrogens with zero attached hydrogens (tertiary/aromatic N) is 4. The number of oxazole rings is 1. The highest BCUT2D eigenvalue weighted by molar-refractivity contribution is 5.96. The highest BCUT2D eigenvalue weighted by Crippen LogP contribution is 2.36. The van der Waals surface area contributed by atoms with Crippen LogP contribution in [-0.2, 0) is 12.7 Å². The molecule has 35 heavy (non-hydrogen) atoms. The Morgan fingerprint density at radius 2 is 1.94 bits per heavy atom. The van der Waals surface area contributed by atoms with Gasteiger partial charge in [0.2, 0.25) is 0 Å². The number of hydrogen-bond donors (Lipinski definition) is 2. The minimum absolute atomic E-state index is 0.0686. The molecule has 0 bridgehead atoms. The van der Waals surface area contributed by atoms with Crippen LogP contribution in [0.1, 0.15) is 40.4 Å². The van der Waals surface area contributed by atoms with E-state index in [9.17, 15) is 22.4 Å². The first-order valence-electron chi connectivity index (χ1n) is 10.2. The van der Waals surface area contributed by atoms with Gasteiger partial charge in [-0.3, -0.25) is 19.8 Å². The van der Waals surface area contributed by atoms with Crippen LogP contribution >= 0.6 is 0 Å². The molecular weight excluding hydrogens is 468 g/mol. The Morgan fingerprint density at radius 3 is 2.60 bits per heavy atom. The van der Waals surface area contributed by atoms with E-state index < -0.39 is 29.6 Å². The quantitative estimate of drug-likeness (QED) is 0.399. The van der Waals surface area contributed by atoms with Gasteiger partial charge in [-0.25, -0.2) is 14.4 Å². The molecule has 0 aliphatic heterocycles. The molecule has 0 aliphatic carbocycles. The van der Waals surface area contributed by atoms with Gasteiger partial charge in [0.25, 0.3) is 11.6 Å². The number of halogens is 4. The molecule has 3 aromatic heterocycles. The van der Waals surface area contributed by atoms with Crippen molar-refractivity contribution in [2.45, 2.75) is 25.7 Å². The first-order chi connectivity index (χ1) is 16.6. The minimum atomic E-state index is -4.71. The maximum absolute atomic E-state index is 13.6. The number of carbonyl (C=O) groups excluding carboxylic acids is 1. The van der Waals surface area contributed by atoms with E-state index in [1.54, 1.807) is 6.92 Å². The smallest absolute Gasteiger partial charge is 0.432 e. The Hall–Kier alpha value is -4.35. The number of hydrogen-bond acceptors (Lipinski definition) is 6. The van der Waals surface area contributed by atoms with E-state index in [0.717, 1.165) is 18.6 Å². The van der Waals surface area contributed by atoms with E-state index >= 15 is 0 Å². The van der Waals surface area contributed by atoms with E-state index in [1.807, 2.05) is 0 Å². The highest BCUT2D eigenvalue weighted by Gasteiger charge is 2.35. The Bertz CT molecular complexity index is 1410. The summed E-state index contributed by atoms with van der Waals surface area (Å²) in [5, 5.41) is 10.5. The van der Waals surface area contributed by atoms with Crippen molar-refractivity contribution >= 4 is 5.91 Å². The number of nitrogens with one attached hydrogen (secondary N) is 2. The van der Waals surface area contributed by atoms with Crippen molar-refractivity contribution in [2.75, 3.05) is 0 Å². The summed E-state index contributed by atoms with van der Waals surface area (Å²) in [7, 11) is 0. The molecule has 0 saturated heterocycles. The van der Waals surface area contributed by atoms with Crippen LogP contribution in [0.2, 0.25) is 0 Å². The zero-order valence-corrected chi connectivity index (χ0v) is 18.2. The molecule has 8 nitrogen and oxygen atoms in total. The predicted octanol–water partition coefficient (Wildman–Crippen LogP) is 4.11. The summed E-state index contributed by atoms with van der Waals surface area (Å²) < 4.78 is 60.3. The molecule has 1 atom stereocenters. The average molecular weight is 486 g/mol. The number of amides is 1. The molecule has 1 aromatic carbocycles. The summed E-state index contributed by atoms with van der Waals surface area (Å²) in [5.74, 6) is -1.07. The number of carbonyl (C=O) groups is 1. The van der Waals surface area contributed by atoms with Gasteiger partial charge >= 0.3 is 6.18 Å². The molecule has 180 valence electrons. The van der Waals surface area contributed by atoms with Crippen LogP contribution in [0.4, 0.5) is 17.6 Å². The van der Waals surface area contributed by atoms with Crippen LogP contribution in [0.5, 0.6) is 0 Å². The van der Waals surface area contributed by atoms with Crippen molar-refractivity contribution in [3.05, 3.63) is 95.5 Å². The summed E-state index contributed by atoms with van der Waals surface area (Å²) in [4.78, 5) is 24.2. The van der Waals surface area contributed by atoms with Crippen molar-refractivity contribution in [1.29, 1.82) is 5.41 Å². The lowest BCUT2D eigenvalue weighted by atomic mass is 9.97. The molecule has 0 spiro atoms. The SMILES string of the molecule is CC(NC(=O)c1cc(Cn2ccoc2=N)cc(-c2cccnc2C(F)(F)F)c1)c1ncc(F)cn1. The second-order valence-electron chi connectivity index (χ2n) is 7.61. The molecular formula is C23H18F4N6O2. The lowest BCUT2D eigenvalue weighted by Crippen LogP contribution is -2.28. The highest BCUT2D eigenvalue weighted by atomic mass is 19.4. The van der Waals surface area contributed by atoms with Gasteiger partial charge in [0, 0.05) is 23.5 Å². The van der Waals surface area contributed by atoms with E-state index in [4.69, 9.17) is 9.83 Å². The molecule has 4 rings (SSSR count). The maximum atomic E-state index is 13.6. The zero-order valence-electron chi connectivity index (χ0n) is 18.2. The molecule has 0 saturated carbocycles. The molecule has 0 aliphatic rings. The van der Waals surface area contributed by atoms with Crippen LogP contribution in [0, 0.1) is 11.2 Å². The topological polar surface area (TPSA) is 110 Å². The summed E-state index contributed by atoms with van der Waals surface area (Å²) in [6, 6.07) is 6.26. The Morgan fingerprint density at radius 1 is 1.20 bits per heavy atom. The van der Waals surface area contributed by atoms with Gasteiger partial charge in [-0.05, 0) is 42.3 Å². The van der Waals surface area contributed by atoms with Gasteiger partial charge in [0.05, 0.1) is 25.0 Å². The van der Waals surface area contributed by atoms with Crippen LogP contribution in [0.3, 0.4) is 0 Å². The van der Waals surface area contributed by atoms with E-state index in [2.05, 4.69) is 20.3 Å². The number of aromatic nitrogens is 4. The Kier molecular flexibility index (Phi) is 6.45. The van der Waals surface area contributed by atoms with Crippen molar-refractivity contribution in [2.24, 2.45) is 0 Å². The largest absolute Gasteiger partial charge is 0.433 e. The predicted molar refractivity (Wildman–Crippen MR) is 114 cm³/mol. The molecule has 3 heterocycles. The van der Waals surface area contributed by atoms with Crippen LogP contribution in [-0.4, -0.2) is 25.4 Å². The fraction of sp³-hybridized carbons (Fsp3) is 0.174. The molecule has 2 N–H and O–H groups in total. The van der Waals surface area contributed by atoms with Crippen LogP contribution in [0.25, 0.3) is 11.1 Å². The third kappa shape index (κ3) is 5.42. The fourth-order valence-electron chi connectivity index (χ4n) is 3.45. The van der Waals surface area contributed by atoms with Crippen molar-refractivity contribution in [3.63, 3.8) is 0 Å². The summed E-state index contributed by atoms with van der Waals surface area (Å²) in [6.07, 6.45) is 1.05. The van der Waals surface area contributed by atoms with E-state index in [-0.39, 0.29) is 34.7 Å². The van der Waals surface area contributed by atoms with Gasteiger partial charge in [0.15, 0.2) is 11.5 Å². The van der Waals surface area contributed by atoms with Gasteiger partial charge in [-0.1, -0.05) is 6.07 Å². The van der Waals surface area contributed by atoms with Crippen molar-refractivity contribution in [1.82, 2.24) is 24.8 Å². The number of pyridine rings is 1. The number of rotatable bonds is 6. The summed E-state index contributed by atoms with van der Waals surface area (Å²) >= 11 is 0. The first-order valence-corrected chi connectivity index (χ1v) is 10.2. The molecule has 1 unspecified atom stereocenters. The average Bonchev–Trinajstić information content (AvgIpc) is 3.22. The van der Waals surface area contributed by atoms with Gasteiger partial charge in [0.1, 0.15) is 12.1 Å². The third-order valence-electron chi connectivity index (χ3n) is 5.05. The Labute approximate surface area is 195 Å². The summed E-state index contributed by atoms with van der Waals surface area (Å²) in [6.45, 7) is 1.66. The minimum Gasteiger partial charge on any atom is -0.432 e. The molecule has 1 amide bonds. The number of benzene rings is 1. The van der Waals surface area contributed by atoms with Crippen molar-refractivity contribution in [3.8, 4) is 11.1 Å². The normalized spacial score (nSPS) is 12.4. The van der Waals surface area contributed by atoms with Gasteiger partial charge in [-0.2, -0.15) is 13.2 Å². The molecule has 12 heteroatoms. The molecule has 0 fully saturated rings. The van der Waals surface area contributed by atoms with Crippen LogP contribution in [0.15, 0.2) is 65.8 Å². The van der Waals surface area contributed by atoms with Crippen molar-refractivity contribution < 1.29 is 26.8 Å². The summed E-state index contributed by atoms with van der Waals surface area (Å²) in [5.41, 5.74) is -0.813. The Balaban J connectivity index is 1.74. The monoisotopic (exact) mass is 486 g/mol. The van der Waals surface area contributed by atoms with Gasteiger partial charge < -0.3 is 9.73 Å². The van der Waals surface area contributed by atoms with Crippen LogP contribution < -0.4 is 11.0 Å². The van der Waals surface area contributed by atoms with E-state index in [1.165, 1.54) is 47.4 Å². The second kappa shape index (κ2) is 9.49. The lowest BCUT2D eigenvalue weighted by Gasteiger charge is -2.16. The lowest BCUT2D eigenvalue weighted by molar-refractivity contribution is -0.140. The standard InChI is InChI=1S/C23H18F4N6O2/c1-13(20-30-10-17(24)11-31-20)32-21(34)16-8-14(12-33-5-6-35-22(33)28)7-15(9-16)18-3-2-4-29-19(18)23(25,26)27/h2-11,13,28H,12H2,1H3,(H,32,34). The first kappa shape index (κ1) is 23.8. The van der Waals surface area contributed by atoms with Gasteiger partial charge in [-0.15, -0.1) is 0 Å². The zero-order chi connectivity index (χ0) is 25.2. The second-order valence-corrected chi connectivity index (χ2v) is 7.61. The molecule has 0 radical (unpaired) electrons. The third-order valence-corrected chi connectivity index (χ3v) is 5.05. The fourth-order valence-corrected chi connectivity index (χ4v) is 3.45. The molecule has 4 aromatic rings. The van der Waals surface area contributed by atoms with E-state index in [0.29, 0.717) is 5.56 Å². The maximum Gasteiger partial charge on any atom is 0.433 e. The number of alkyl halides is 3.